The van der Waals surface area contributed by atoms with Crippen LogP contribution in [0.2, 0.25) is 0 Å². The largest absolute Gasteiger partial charge is 0.457 e. The van der Waals surface area contributed by atoms with Crippen LogP contribution >= 0.6 is 0 Å². The summed E-state index contributed by atoms with van der Waals surface area (Å²) in [5.74, 6) is 1.75. The Bertz CT molecular complexity index is 615. The highest BCUT2D eigenvalue weighted by Gasteiger charge is 2.12. The van der Waals surface area contributed by atoms with Crippen LogP contribution in [-0.4, -0.2) is 10.5 Å². The lowest BCUT2D eigenvalue weighted by molar-refractivity contribution is 0.413. The zero-order valence-electron chi connectivity index (χ0n) is 13.5. The standard InChI is InChI=1S/C18H24N2O/c1-13-6-7-16(14(2)10-13)21-17-8-9-19-11-15(17)12-20-18(3,4)5/h6-11,20H,12H2,1-5H3. The molecule has 0 aliphatic rings. The van der Waals surface area contributed by atoms with Gasteiger partial charge in [0.05, 0.1) is 0 Å². The van der Waals surface area contributed by atoms with Gasteiger partial charge < -0.3 is 10.1 Å². The van der Waals surface area contributed by atoms with E-state index >= 15 is 0 Å². The van der Waals surface area contributed by atoms with Crippen molar-refractivity contribution in [1.29, 1.82) is 0 Å². The number of ether oxygens (including phenoxy) is 1. The molecule has 0 unspecified atom stereocenters. The fourth-order valence-corrected chi connectivity index (χ4v) is 2.04. The van der Waals surface area contributed by atoms with Crippen molar-refractivity contribution in [2.45, 2.75) is 46.7 Å². The van der Waals surface area contributed by atoms with Crippen molar-refractivity contribution >= 4 is 0 Å². The van der Waals surface area contributed by atoms with Gasteiger partial charge in [0.2, 0.25) is 0 Å². The van der Waals surface area contributed by atoms with Gasteiger partial charge >= 0.3 is 0 Å². The summed E-state index contributed by atoms with van der Waals surface area (Å²) in [6, 6.07) is 8.13. The molecule has 0 atom stereocenters. The highest BCUT2D eigenvalue weighted by molar-refractivity contribution is 5.41. The van der Waals surface area contributed by atoms with Gasteiger partial charge in [-0.25, -0.2) is 0 Å². The molecule has 3 heteroatoms. The third kappa shape index (κ3) is 4.57. The zero-order valence-corrected chi connectivity index (χ0v) is 13.5. The molecule has 21 heavy (non-hydrogen) atoms. The van der Waals surface area contributed by atoms with Gasteiger partial charge in [0.15, 0.2) is 0 Å². The molecule has 0 spiro atoms. The number of benzene rings is 1. The van der Waals surface area contributed by atoms with Crippen molar-refractivity contribution in [3.05, 3.63) is 53.3 Å². The minimum absolute atomic E-state index is 0.0624. The number of nitrogens with one attached hydrogen (secondary N) is 1. The van der Waals surface area contributed by atoms with Crippen LogP contribution < -0.4 is 10.1 Å². The first kappa shape index (κ1) is 15.5. The van der Waals surface area contributed by atoms with Crippen molar-refractivity contribution in [3.63, 3.8) is 0 Å². The molecule has 2 aromatic rings. The van der Waals surface area contributed by atoms with Crippen molar-refractivity contribution in [1.82, 2.24) is 10.3 Å². The predicted molar refractivity (Wildman–Crippen MR) is 86.8 cm³/mol. The van der Waals surface area contributed by atoms with Crippen LogP contribution in [0.4, 0.5) is 0 Å². The molecule has 1 aromatic carbocycles. The second kappa shape index (κ2) is 6.27. The highest BCUT2D eigenvalue weighted by atomic mass is 16.5. The molecule has 1 N–H and O–H groups in total. The summed E-state index contributed by atoms with van der Waals surface area (Å²) in [6.07, 6.45) is 3.62. The number of rotatable bonds is 4. The lowest BCUT2D eigenvalue weighted by atomic mass is 10.1. The van der Waals surface area contributed by atoms with Gasteiger partial charge in [-0.3, -0.25) is 4.98 Å². The summed E-state index contributed by atoms with van der Waals surface area (Å²) < 4.78 is 6.08. The first-order valence-electron chi connectivity index (χ1n) is 7.28. The molecule has 0 radical (unpaired) electrons. The lowest BCUT2D eigenvalue weighted by Gasteiger charge is -2.21. The Morgan fingerprint density at radius 1 is 1.10 bits per heavy atom. The average Bonchev–Trinajstić information content (AvgIpc) is 2.40. The van der Waals surface area contributed by atoms with E-state index < -0.39 is 0 Å². The highest BCUT2D eigenvalue weighted by Crippen LogP contribution is 2.28. The molecule has 0 amide bonds. The minimum atomic E-state index is 0.0624. The molecule has 0 fully saturated rings. The molecule has 0 bridgehead atoms. The van der Waals surface area contributed by atoms with Crippen molar-refractivity contribution in [2.24, 2.45) is 0 Å². The SMILES string of the molecule is Cc1ccc(Oc2ccncc2CNC(C)(C)C)c(C)c1. The summed E-state index contributed by atoms with van der Waals surface area (Å²) >= 11 is 0. The molecule has 0 saturated carbocycles. The second-order valence-electron chi connectivity index (χ2n) is 6.46. The van der Waals surface area contributed by atoms with Gasteiger partial charge in [0, 0.05) is 30.0 Å². The van der Waals surface area contributed by atoms with E-state index in [1.54, 1.807) is 6.20 Å². The Kier molecular flexibility index (Phi) is 4.63. The van der Waals surface area contributed by atoms with Crippen LogP contribution in [0.3, 0.4) is 0 Å². The normalized spacial score (nSPS) is 11.5. The van der Waals surface area contributed by atoms with E-state index in [9.17, 15) is 0 Å². The molecule has 1 aromatic heterocycles. The van der Waals surface area contributed by atoms with E-state index in [-0.39, 0.29) is 5.54 Å². The Morgan fingerprint density at radius 2 is 1.86 bits per heavy atom. The van der Waals surface area contributed by atoms with Crippen LogP contribution in [0.5, 0.6) is 11.5 Å². The molecule has 0 saturated heterocycles. The fraction of sp³-hybridized carbons (Fsp3) is 0.389. The minimum Gasteiger partial charge on any atom is -0.457 e. The third-order valence-corrected chi connectivity index (χ3v) is 3.22. The summed E-state index contributed by atoms with van der Waals surface area (Å²) in [4.78, 5) is 4.20. The molecule has 2 rings (SSSR count). The maximum absolute atomic E-state index is 6.08. The Labute approximate surface area is 127 Å². The fourth-order valence-electron chi connectivity index (χ4n) is 2.04. The number of pyridine rings is 1. The van der Waals surface area contributed by atoms with Gasteiger partial charge in [-0.15, -0.1) is 0 Å². The second-order valence-corrected chi connectivity index (χ2v) is 6.46. The smallest absolute Gasteiger partial charge is 0.135 e. The van der Waals surface area contributed by atoms with Crippen LogP contribution in [0, 0.1) is 13.8 Å². The zero-order chi connectivity index (χ0) is 15.5. The summed E-state index contributed by atoms with van der Waals surface area (Å²) in [5, 5.41) is 3.47. The topological polar surface area (TPSA) is 34.1 Å². The molecule has 3 nitrogen and oxygen atoms in total. The van der Waals surface area contributed by atoms with Gasteiger partial charge in [-0.05, 0) is 52.3 Å². The van der Waals surface area contributed by atoms with Crippen LogP contribution in [0.25, 0.3) is 0 Å². The van der Waals surface area contributed by atoms with E-state index in [0.29, 0.717) is 0 Å². The van der Waals surface area contributed by atoms with Gasteiger partial charge in [-0.1, -0.05) is 17.7 Å². The maximum atomic E-state index is 6.08. The Morgan fingerprint density at radius 3 is 2.52 bits per heavy atom. The van der Waals surface area contributed by atoms with Crippen LogP contribution in [0.15, 0.2) is 36.7 Å². The molecular formula is C18H24N2O. The molecule has 112 valence electrons. The number of nitrogens with zero attached hydrogens (tertiary/aromatic N) is 1. The van der Waals surface area contributed by atoms with Crippen molar-refractivity contribution in [3.8, 4) is 11.5 Å². The van der Waals surface area contributed by atoms with Gasteiger partial charge in [0.1, 0.15) is 11.5 Å². The van der Waals surface area contributed by atoms with E-state index in [2.05, 4.69) is 57.1 Å². The third-order valence-electron chi connectivity index (χ3n) is 3.22. The number of hydrogen-bond donors (Lipinski definition) is 1. The van der Waals surface area contributed by atoms with Crippen LogP contribution in [-0.2, 0) is 6.54 Å². The Hall–Kier alpha value is -1.87. The average molecular weight is 284 g/mol. The summed E-state index contributed by atoms with van der Waals surface area (Å²) in [5.41, 5.74) is 3.51. The molecule has 0 aliphatic carbocycles. The number of aryl methyl sites for hydroxylation is 2. The number of aromatic nitrogens is 1. The van der Waals surface area contributed by atoms with Crippen molar-refractivity contribution < 1.29 is 4.74 Å². The van der Waals surface area contributed by atoms with E-state index in [0.717, 1.165) is 29.2 Å². The van der Waals surface area contributed by atoms with Crippen LogP contribution in [0.1, 0.15) is 37.5 Å². The first-order chi connectivity index (χ1) is 9.85. The monoisotopic (exact) mass is 284 g/mol. The quantitative estimate of drug-likeness (QED) is 0.904. The first-order valence-corrected chi connectivity index (χ1v) is 7.28. The van der Waals surface area contributed by atoms with Gasteiger partial charge in [0.25, 0.3) is 0 Å². The van der Waals surface area contributed by atoms with E-state index in [1.807, 2.05) is 18.3 Å². The van der Waals surface area contributed by atoms with Crippen molar-refractivity contribution in [2.75, 3.05) is 0 Å². The van der Waals surface area contributed by atoms with E-state index in [4.69, 9.17) is 4.74 Å². The van der Waals surface area contributed by atoms with E-state index in [1.165, 1.54) is 5.56 Å². The maximum Gasteiger partial charge on any atom is 0.135 e. The van der Waals surface area contributed by atoms with Gasteiger partial charge in [-0.2, -0.15) is 0 Å². The summed E-state index contributed by atoms with van der Waals surface area (Å²) in [7, 11) is 0. The summed E-state index contributed by atoms with van der Waals surface area (Å²) in [6.45, 7) is 11.3. The Balaban J connectivity index is 2.20. The predicted octanol–water partition coefficient (Wildman–Crippen LogP) is 4.38. The molecule has 0 aliphatic heterocycles. The number of hydrogen-bond acceptors (Lipinski definition) is 3. The molecular weight excluding hydrogens is 260 g/mol. The lowest BCUT2D eigenvalue weighted by Crippen LogP contribution is -2.35. The molecule has 1 heterocycles.